The fraction of sp³-hybridized carbons (Fsp3) is 0.846. The highest BCUT2D eigenvalue weighted by Crippen LogP contribution is 2.70. The van der Waals surface area contributed by atoms with E-state index in [-0.39, 0.29) is 0 Å². The predicted molar refractivity (Wildman–Crippen MR) is 126 cm³/mol. The summed E-state index contributed by atoms with van der Waals surface area (Å²) in [5.74, 6) is -5.27. The van der Waals surface area contributed by atoms with Gasteiger partial charge in [0.15, 0.2) is 23.8 Å². The topological polar surface area (TPSA) is 186 Å². The molecule has 0 aromatic rings. The lowest BCUT2D eigenvalue weighted by Gasteiger charge is -2.71. The third kappa shape index (κ3) is 3.39. The Labute approximate surface area is 220 Å². The Hall–Kier alpha value is -2.12. The van der Waals surface area contributed by atoms with E-state index in [1.165, 1.54) is 13.8 Å². The Morgan fingerprint density at radius 2 is 1.47 bits per heavy atom. The maximum absolute atomic E-state index is 13.6. The first-order valence-electron chi connectivity index (χ1n) is 12.8. The average molecular weight is 543 g/mol. The molecule has 0 unspecified atom stereocenters. The zero-order valence-corrected chi connectivity index (χ0v) is 22.7. The minimum absolute atomic E-state index is 0.293. The molecule has 3 saturated carbocycles. The third-order valence-electron chi connectivity index (χ3n) is 10.0. The molecule has 4 fully saturated rings. The van der Waals surface area contributed by atoms with Gasteiger partial charge in [-0.2, -0.15) is 0 Å². The van der Waals surface area contributed by atoms with Gasteiger partial charge in [0.2, 0.25) is 0 Å². The van der Waals surface area contributed by atoms with Gasteiger partial charge in [-0.3, -0.25) is 19.2 Å². The molecule has 1 aliphatic heterocycles. The fourth-order valence-electron chi connectivity index (χ4n) is 8.31. The second kappa shape index (κ2) is 8.69. The molecule has 1 heterocycles. The van der Waals surface area contributed by atoms with E-state index in [1.807, 2.05) is 0 Å². The van der Waals surface area contributed by atoms with E-state index in [2.05, 4.69) is 0 Å². The van der Waals surface area contributed by atoms with Gasteiger partial charge in [0.1, 0.15) is 29.5 Å². The van der Waals surface area contributed by atoms with Gasteiger partial charge < -0.3 is 39.4 Å². The Bertz CT molecular complexity index is 1060. The molecule has 0 bridgehead atoms. The normalized spacial score (nSPS) is 49.2. The molecule has 4 N–H and O–H groups in total. The number of hydrogen-bond acceptors (Lipinski definition) is 12. The van der Waals surface area contributed by atoms with Crippen molar-refractivity contribution in [3.05, 3.63) is 0 Å². The van der Waals surface area contributed by atoms with Gasteiger partial charge >= 0.3 is 17.9 Å². The highest BCUT2D eigenvalue weighted by molar-refractivity contribution is 5.91. The molecule has 12 heteroatoms. The van der Waals surface area contributed by atoms with Gasteiger partial charge in [-0.1, -0.05) is 20.8 Å². The van der Waals surface area contributed by atoms with Gasteiger partial charge in [-0.15, -0.1) is 0 Å². The van der Waals surface area contributed by atoms with Crippen LogP contribution in [0.3, 0.4) is 0 Å². The van der Waals surface area contributed by atoms with Crippen LogP contribution in [-0.4, -0.2) is 91.6 Å². The van der Waals surface area contributed by atoms with Crippen LogP contribution < -0.4 is 0 Å². The van der Waals surface area contributed by atoms with Gasteiger partial charge in [-0.25, -0.2) is 0 Å². The number of ether oxygens (including phenoxy) is 4. The Morgan fingerprint density at radius 3 is 2.00 bits per heavy atom. The minimum Gasteiger partial charge on any atom is -0.462 e. The third-order valence-corrected chi connectivity index (χ3v) is 10.0. The molecule has 0 radical (unpaired) electrons. The summed E-state index contributed by atoms with van der Waals surface area (Å²) in [7, 11) is 0. The van der Waals surface area contributed by atoms with Crippen LogP contribution in [0.25, 0.3) is 0 Å². The first-order valence-corrected chi connectivity index (χ1v) is 12.8. The van der Waals surface area contributed by atoms with E-state index in [0.29, 0.717) is 12.8 Å². The van der Waals surface area contributed by atoms with Crippen molar-refractivity contribution >= 4 is 23.7 Å². The molecular weight excluding hydrogens is 504 g/mol. The molecule has 214 valence electrons. The van der Waals surface area contributed by atoms with Crippen molar-refractivity contribution < 1.29 is 58.6 Å². The molecule has 3 aliphatic carbocycles. The van der Waals surface area contributed by atoms with E-state index < -0.39 is 100 Å². The standard InChI is InChI=1S/C26H38O12/c1-11(27)35-16-8-9-22(4,5)26(34)20(37-13(3)29)18(36-12(2)28)17-14(23(16,26)6)10-15(30)25(33)19(31)21(32)38-24(17,25)7/h14,16-21,31-34H,8-10H2,1-7H3/t14-,16-,17-,18+,19-,20-,21-,23-,24-,25+,26-/m0/s1. The van der Waals surface area contributed by atoms with Crippen LogP contribution >= 0.6 is 0 Å². The van der Waals surface area contributed by atoms with Crippen molar-refractivity contribution in [1.82, 2.24) is 0 Å². The number of fused-ring (bicyclic) bond motifs is 5. The maximum Gasteiger partial charge on any atom is 0.303 e. The number of hydrogen-bond donors (Lipinski definition) is 4. The van der Waals surface area contributed by atoms with Crippen molar-refractivity contribution in [3.8, 4) is 0 Å². The summed E-state index contributed by atoms with van der Waals surface area (Å²) in [5, 5.41) is 45.6. The monoisotopic (exact) mass is 542 g/mol. The van der Waals surface area contributed by atoms with Crippen LogP contribution in [0.15, 0.2) is 0 Å². The minimum atomic E-state index is -2.61. The van der Waals surface area contributed by atoms with Crippen LogP contribution in [0.4, 0.5) is 0 Å². The van der Waals surface area contributed by atoms with E-state index >= 15 is 0 Å². The predicted octanol–water partition coefficient (Wildman–Crippen LogP) is -0.243. The molecular formula is C26H38O12. The van der Waals surface area contributed by atoms with Crippen molar-refractivity contribution in [2.24, 2.45) is 22.7 Å². The zero-order valence-electron chi connectivity index (χ0n) is 22.7. The van der Waals surface area contributed by atoms with Crippen molar-refractivity contribution in [2.75, 3.05) is 0 Å². The second-order valence-electron chi connectivity index (χ2n) is 12.3. The molecule has 12 nitrogen and oxygen atoms in total. The molecule has 1 saturated heterocycles. The maximum atomic E-state index is 13.6. The summed E-state index contributed by atoms with van der Waals surface area (Å²) in [6.07, 6.45) is -7.82. The lowest BCUT2D eigenvalue weighted by molar-refractivity contribution is -0.360. The summed E-state index contributed by atoms with van der Waals surface area (Å²) >= 11 is 0. The second-order valence-corrected chi connectivity index (χ2v) is 12.3. The number of aliphatic hydroxyl groups excluding tert-OH is 2. The highest BCUT2D eigenvalue weighted by atomic mass is 16.7. The molecule has 0 amide bonds. The van der Waals surface area contributed by atoms with Gasteiger partial charge in [0.05, 0.1) is 0 Å². The van der Waals surface area contributed by atoms with Gasteiger partial charge in [0.25, 0.3) is 0 Å². The first kappa shape index (κ1) is 28.9. The number of rotatable bonds is 3. The number of carbonyl (C=O) groups excluding carboxylic acids is 4. The number of esters is 3. The Balaban J connectivity index is 2.07. The molecule has 4 aliphatic rings. The quantitative estimate of drug-likeness (QED) is 0.271. The number of carbonyl (C=O) groups is 4. The van der Waals surface area contributed by atoms with Crippen LogP contribution in [0.1, 0.15) is 67.7 Å². The number of aliphatic hydroxyl groups is 4. The van der Waals surface area contributed by atoms with Crippen molar-refractivity contribution in [3.63, 3.8) is 0 Å². The molecule has 0 aromatic carbocycles. The summed E-state index contributed by atoms with van der Waals surface area (Å²) in [6, 6.07) is 0. The van der Waals surface area contributed by atoms with Gasteiger partial charge in [-0.05, 0) is 31.1 Å². The average Bonchev–Trinajstić information content (AvgIpc) is 2.96. The van der Waals surface area contributed by atoms with Crippen molar-refractivity contribution in [2.45, 2.75) is 115 Å². The SMILES string of the molecule is CC(=O)O[C@@H]1[C@@H]2[C@H](CC(=O)[C@@]3(O)[C@@H](O)[C@@H](O)O[C@@]23C)[C@@]2(C)[C@@H](OC(C)=O)CCC(C)(C)[C@@]2(O)[C@H]1OC(C)=O. The fourth-order valence-corrected chi connectivity index (χ4v) is 8.31. The first-order chi connectivity index (χ1) is 17.3. The number of ketones is 1. The lowest BCUT2D eigenvalue weighted by Crippen LogP contribution is -2.84. The number of Topliss-reactive ketones (excluding diaryl/α,β-unsaturated/α-hetero) is 1. The van der Waals surface area contributed by atoms with E-state index in [9.17, 15) is 39.6 Å². The van der Waals surface area contributed by atoms with Gasteiger partial charge in [0, 0.05) is 38.5 Å². The largest absolute Gasteiger partial charge is 0.462 e. The summed E-state index contributed by atoms with van der Waals surface area (Å²) in [4.78, 5) is 50.7. The molecule has 4 rings (SSSR count). The highest BCUT2D eigenvalue weighted by Gasteiger charge is 2.83. The summed E-state index contributed by atoms with van der Waals surface area (Å²) in [5.41, 5.74) is -9.22. The van der Waals surface area contributed by atoms with E-state index in [4.69, 9.17) is 18.9 Å². The summed E-state index contributed by atoms with van der Waals surface area (Å²) in [6.45, 7) is 9.89. The summed E-state index contributed by atoms with van der Waals surface area (Å²) < 4.78 is 22.9. The van der Waals surface area contributed by atoms with Crippen molar-refractivity contribution in [1.29, 1.82) is 0 Å². The Kier molecular flexibility index (Phi) is 6.60. The van der Waals surface area contributed by atoms with Crippen LogP contribution in [-0.2, 0) is 38.1 Å². The van der Waals surface area contributed by atoms with Crippen LogP contribution in [0.5, 0.6) is 0 Å². The molecule has 38 heavy (non-hydrogen) atoms. The van der Waals surface area contributed by atoms with E-state index in [1.54, 1.807) is 20.8 Å². The lowest BCUT2D eigenvalue weighted by atomic mass is 9.37. The van der Waals surface area contributed by atoms with Crippen LogP contribution in [0.2, 0.25) is 0 Å². The zero-order chi connectivity index (χ0) is 28.8. The smallest absolute Gasteiger partial charge is 0.303 e. The van der Waals surface area contributed by atoms with E-state index in [0.717, 1.165) is 13.8 Å². The molecule has 0 spiro atoms. The molecule has 11 atom stereocenters. The molecule has 0 aromatic heterocycles. The Morgan fingerprint density at radius 1 is 0.921 bits per heavy atom. The van der Waals surface area contributed by atoms with Crippen LogP contribution in [0, 0.1) is 22.7 Å².